The van der Waals surface area contributed by atoms with Crippen LogP contribution in [-0.4, -0.2) is 52.1 Å². The van der Waals surface area contributed by atoms with Crippen molar-refractivity contribution in [2.45, 2.75) is 44.8 Å². The Morgan fingerprint density at radius 3 is 2.82 bits per heavy atom. The highest BCUT2D eigenvalue weighted by atomic mass is 19.4. The first kappa shape index (κ1) is 22.2. The zero-order chi connectivity index (χ0) is 24.0. The van der Waals surface area contributed by atoms with E-state index in [9.17, 15) is 22.8 Å². The lowest BCUT2D eigenvalue weighted by Crippen LogP contribution is -2.56. The molecule has 3 aromatic rings. The first-order valence-electron chi connectivity index (χ1n) is 11.1. The number of aryl methyl sites for hydroxylation is 1. The second-order valence-corrected chi connectivity index (χ2v) is 8.67. The molecule has 0 saturated carbocycles. The predicted octanol–water partition coefficient (Wildman–Crippen LogP) is 4.81. The average Bonchev–Trinajstić information content (AvgIpc) is 3.18. The lowest BCUT2D eigenvalue weighted by Gasteiger charge is -2.45. The summed E-state index contributed by atoms with van der Waals surface area (Å²) in [7, 11) is 0. The molecule has 5 heterocycles. The number of halogens is 3. The van der Waals surface area contributed by atoms with E-state index in [1.54, 1.807) is 12.3 Å². The van der Waals surface area contributed by atoms with E-state index in [4.69, 9.17) is 0 Å². The average molecular weight is 472 g/mol. The number of ketones is 1. The lowest BCUT2D eigenvalue weighted by atomic mass is 9.99. The molecule has 11 heteroatoms. The van der Waals surface area contributed by atoms with Gasteiger partial charge in [-0.15, -0.1) is 0 Å². The zero-order valence-corrected chi connectivity index (χ0v) is 18.4. The van der Waals surface area contributed by atoms with Crippen LogP contribution in [0.1, 0.15) is 41.9 Å². The zero-order valence-electron chi connectivity index (χ0n) is 18.4. The quantitative estimate of drug-likeness (QED) is 0.532. The van der Waals surface area contributed by atoms with E-state index in [-0.39, 0.29) is 11.7 Å². The number of urea groups is 1. The van der Waals surface area contributed by atoms with Crippen molar-refractivity contribution in [2.75, 3.05) is 28.2 Å². The van der Waals surface area contributed by atoms with E-state index in [1.807, 2.05) is 19.1 Å². The molecule has 2 bridgehead atoms. The van der Waals surface area contributed by atoms with Crippen molar-refractivity contribution < 1.29 is 22.8 Å². The van der Waals surface area contributed by atoms with Crippen molar-refractivity contribution in [3.8, 4) is 0 Å². The molecule has 2 amide bonds. The third-order valence-electron chi connectivity index (χ3n) is 6.24. The molecule has 0 radical (unpaired) electrons. The molecule has 1 atom stereocenters. The maximum atomic E-state index is 13.5. The van der Waals surface area contributed by atoms with Crippen LogP contribution < -0.4 is 15.1 Å². The minimum Gasteiger partial charge on any atom is -0.366 e. The summed E-state index contributed by atoms with van der Waals surface area (Å²) in [4.78, 5) is 41.4. The van der Waals surface area contributed by atoms with Crippen LogP contribution in [0, 0.1) is 6.92 Å². The van der Waals surface area contributed by atoms with Crippen LogP contribution in [0.2, 0.25) is 0 Å². The number of alkyl halides is 3. The van der Waals surface area contributed by atoms with Gasteiger partial charge in [0.2, 0.25) is 0 Å². The number of amides is 2. The summed E-state index contributed by atoms with van der Waals surface area (Å²) in [6.07, 6.45) is -3.01. The van der Waals surface area contributed by atoms with Gasteiger partial charge in [0.15, 0.2) is 11.6 Å². The minimum absolute atomic E-state index is 0.0752. The molecular weight excluding hydrogens is 449 g/mol. The Morgan fingerprint density at radius 2 is 2.03 bits per heavy atom. The van der Waals surface area contributed by atoms with Crippen molar-refractivity contribution in [3.05, 3.63) is 41.9 Å². The van der Waals surface area contributed by atoms with Crippen molar-refractivity contribution in [1.82, 2.24) is 15.0 Å². The number of rotatable bonds is 4. The van der Waals surface area contributed by atoms with E-state index in [0.29, 0.717) is 29.4 Å². The van der Waals surface area contributed by atoms with E-state index in [0.717, 1.165) is 30.5 Å². The van der Waals surface area contributed by atoms with E-state index in [2.05, 4.69) is 25.2 Å². The normalized spacial score (nSPS) is 17.6. The number of nitrogens with one attached hydrogen (secondary N) is 2. The van der Waals surface area contributed by atoms with Gasteiger partial charge in [0.25, 0.3) is 0 Å². The standard InChI is InChI=1S/C23H23F3N6O2/c1-13-4-5-15-17(11-27-20(15)28-13)30-22(34)32-14-3-2-10-31(12-14)18-7-6-16(29-21(18)32)19(33)8-9-23(24,25)26/h4-7,11,14H,2-3,8-10,12H2,1H3,(H,27,28)(H,30,34)/t14-/m0/s1. The van der Waals surface area contributed by atoms with Crippen LogP contribution in [0.15, 0.2) is 30.5 Å². The Labute approximate surface area is 193 Å². The molecule has 0 spiro atoms. The third kappa shape index (κ3) is 4.17. The number of H-pyrrole nitrogens is 1. The first-order valence-corrected chi connectivity index (χ1v) is 11.1. The van der Waals surface area contributed by atoms with Crippen molar-refractivity contribution in [1.29, 1.82) is 0 Å². The summed E-state index contributed by atoms with van der Waals surface area (Å²) in [5.74, 6) is -0.413. The molecule has 34 heavy (non-hydrogen) atoms. The molecule has 8 nitrogen and oxygen atoms in total. The fraction of sp³-hybridized carbons (Fsp3) is 0.391. The van der Waals surface area contributed by atoms with Crippen LogP contribution >= 0.6 is 0 Å². The van der Waals surface area contributed by atoms with Gasteiger partial charge >= 0.3 is 12.2 Å². The molecule has 5 rings (SSSR count). The van der Waals surface area contributed by atoms with Gasteiger partial charge in [0.05, 0.1) is 23.8 Å². The number of aromatic amines is 1. The van der Waals surface area contributed by atoms with Gasteiger partial charge in [-0.05, 0) is 44.0 Å². The van der Waals surface area contributed by atoms with Crippen LogP contribution in [0.3, 0.4) is 0 Å². The smallest absolute Gasteiger partial charge is 0.366 e. The minimum atomic E-state index is -4.43. The number of piperidine rings is 1. The molecule has 2 aliphatic rings. The topological polar surface area (TPSA) is 94.2 Å². The van der Waals surface area contributed by atoms with Gasteiger partial charge in [-0.25, -0.2) is 14.8 Å². The summed E-state index contributed by atoms with van der Waals surface area (Å²) >= 11 is 0. The van der Waals surface area contributed by atoms with E-state index in [1.165, 1.54) is 11.0 Å². The maximum absolute atomic E-state index is 13.5. The van der Waals surface area contributed by atoms with E-state index < -0.39 is 30.8 Å². The fourth-order valence-electron chi connectivity index (χ4n) is 4.60. The summed E-state index contributed by atoms with van der Waals surface area (Å²) in [6.45, 7) is 3.28. The van der Waals surface area contributed by atoms with Crippen LogP contribution in [-0.2, 0) is 0 Å². The van der Waals surface area contributed by atoms with Crippen molar-refractivity contribution in [2.24, 2.45) is 0 Å². The highest BCUT2D eigenvalue weighted by Crippen LogP contribution is 2.39. The largest absolute Gasteiger partial charge is 0.389 e. The monoisotopic (exact) mass is 472 g/mol. The van der Waals surface area contributed by atoms with Gasteiger partial charge in [0.1, 0.15) is 11.3 Å². The number of fused-ring (bicyclic) bond motifs is 5. The van der Waals surface area contributed by atoms with Crippen LogP contribution in [0.25, 0.3) is 11.0 Å². The lowest BCUT2D eigenvalue weighted by molar-refractivity contribution is -0.133. The molecule has 3 aromatic heterocycles. The van der Waals surface area contributed by atoms with E-state index >= 15 is 0 Å². The number of hydrogen-bond acceptors (Lipinski definition) is 5. The Morgan fingerprint density at radius 1 is 1.21 bits per heavy atom. The summed E-state index contributed by atoms with van der Waals surface area (Å²) in [5, 5.41) is 3.67. The molecule has 1 saturated heterocycles. The molecule has 0 aromatic carbocycles. The number of Topliss-reactive ketones (excluding diaryl/α,β-unsaturated/α-hetero) is 1. The molecule has 2 N–H and O–H groups in total. The second-order valence-electron chi connectivity index (χ2n) is 8.67. The Bertz CT molecular complexity index is 1270. The summed E-state index contributed by atoms with van der Waals surface area (Å²) in [5.41, 5.74) is 2.66. The maximum Gasteiger partial charge on any atom is 0.389 e. The van der Waals surface area contributed by atoms with Gasteiger partial charge < -0.3 is 15.2 Å². The van der Waals surface area contributed by atoms with Gasteiger partial charge in [-0.2, -0.15) is 13.2 Å². The fourth-order valence-corrected chi connectivity index (χ4v) is 4.60. The molecule has 0 unspecified atom stereocenters. The first-order chi connectivity index (χ1) is 16.2. The van der Waals surface area contributed by atoms with Crippen molar-refractivity contribution in [3.63, 3.8) is 0 Å². The Hall–Kier alpha value is -3.63. The van der Waals surface area contributed by atoms with Gasteiger partial charge in [-0.3, -0.25) is 9.69 Å². The third-order valence-corrected chi connectivity index (χ3v) is 6.24. The number of aromatic nitrogens is 3. The molecular formula is C23H23F3N6O2. The van der Waals surface area contributed by atoms with Gasteiger partial charge in [0, 0.05) is 36.8 Å². The number of carbonyl (C=O) groups is 2. The number of hydrogen-bond donors (Lipinski definition) is 2. The molecule has 0 aliphatic carbocycles. The van der Waals surface area contributed by atoms with Crippen LogP contribution in [0.5, 0.6) is 0 Å². The van der Waals surface area contributed by atoms with Crippen molar-refractivity contribution >= 4 is 40.0 Å². The number of carbonyl (C=O) groups excluding carboxylic acids is 2. The second kappa shape index (κ2) is 8.30. The summed E-state index contributed by atoms with van der Waals surface area (Å²) in [6, 6.07) is 6.24. The SMILES string of the molecule is Cc1ccc2c(NC(=O)N3c4nc(C(=O)CCC(F)(F)F)ccc4N4CCC[C@H]3C4)c[nH]c2n1. The van der Waals surface area contributed by atoms with Gasteiger partial charge in [-0.1, -0.05) is 0 Å². The molecule has 178 valence electrons. The number of pyridine rings is 2. The molecule has 1 fully saturated rings. The molecule has 2 aliphatic heterocycles. The Kier molecular flexibility index (Phi) is 5.41. The predicted molar refractivity (Wildman–Crippen MR) is 121 cm³/mol. The highest BCUT2D eigenvalue weighted by molar-refractivity contribution is 6.08. The Balaban J connectivity index is 1.46. The number of anilines is 3. The van der Waals surface area contributed by atoms with Crippen LogP contribution in [0.4, 0.5) is 35.2 Å². The number of nitrogens with zero attached hydrogens (tertiary/aromatic N) is 4. The summed E-state index contributed by atoms with van der Waals surface area (Å²) < 4.78 is 37.8. The highest BCUT2D eigenvalue weighted by Gasteiger charge is 2.39.